The molecule has 0 aliphatic carbocycles. The van der Waals surface area contributed by atoms with Crippen LogP contribution in [-0.4, -0.2) is 51.7 Å². The number of unbranched alkanes of at least 4 members (excludes halogenated alkanes) is 2. The normalized spacial score (nSPS) is 12.1. The van der Waals surface area contributed by atoms with Crippen LogP contribution >= 0.6 is 0 Å². The number of carbonyl (C=O) groups excluding carboxylic acids is 1. The van der Waals surface area contributed by atoms with Crippen LogP contribution in [0.3, 0.4) is 0 Å². The first-order valence-electron chi connectivity index (χ1n) is 22.8. The molecule has 2 unspecified atom stereocenters. The van der Waals surface area contributed by atoms with Crippen LogP contribution in [0.5, 0.6) is 23.0 Å². The maximum absolute atomic E-state index is 13.8. The van der Waals surface area contributed by atoms with Crippen LogP contribution in [0.15, 0.2) is 181 Å². The van der Waals surface area contributed by atoms with Crippen molar-refractivity contribution < 1.29 is 52.4 Å². The van der Waals surface area contributed by atoms with Crippen LogP contribution in [0.1, 0.15) is 64.3 Å². The summed E-state index contributed by atoms with van der Waals surface area (Å²) in [6.07, 6.45) is -2.47. The number of aliphatic hydroxyl groups is 2. The van der Waals surface area contributed by atoms with Gasteiger partial charge in [0.05, 0.1) is 11.0 Å². The standard InChI is InChI=1S/C55H54N2O12S/c58-48-30-29-40(18-14-5-17-31-56(55(61)69-39-44-25-12-4-13-26-44)70(64,65)52-28-16-15-27-47(52)57(62)63)32-45(48)33-49(59)53(60)46-34-50(66-36-41-19-6-1-7-20-41)54(68-38-43-23-10-3-11-24-43)51(35-46)67-37-42-21-8-2-9-22-42/h1-4,6-13,15-16,19-30,32,34-35,49,53,58-60H,5,14,17-18,31,33,36-39H2. The van der Waals surface area contributed by atoms with Crippen LogP contribution < -0.4 is 14.2 Å². The Balaban J connectivity index is 1.04. The molecule has 0 radical (unpaired) electrons. The monoisotopic (exact) mass is 966 g/mol. The molecule has 0 saturated carbocycles. The average molecular weight is 967 g/mol. The third kappa shape index (κ3) is 13.7. The number of ether oxygens (including phenoxy) is 4. The fourth-order valence-corrected chi connectivity index (χ4v) is 9.16. The fraction of sp³-hybridized carbons (Fsp3) is 0.218. The van der Waals surface area contributed by atoms with Crippen molar-refractivity contribution in [1.82, 2.24) is 4.31 Å². The van der Waals surface area contributed by atoms with E-state index in [1.54, 1.807) is 54.6 Å². The van der Waals surface area contributed by atoms with E-state index in [2.05, 4.69) is 0 Å². The van der Waals surface area contributed by atoms with E-state index in [0.717, 1.165) is 34.4 Å². The molecule has 0 aromatic heterocycles. The SMILES string of the molecule is O=C(OCc1ccccc1)N(CCCCCc1ccc(O)c(CC(O)C(O)c2cc(OCc3ccccc3)c(OCc3ccccc3)c(OCc3ccccc3)c2)c1)S(=O)(=O)c1ccccc1[N+](=O)[O-]. The smallest absolute Gasteiger partial charge is 0.424 e. The molecule has 70 heavy (non-hydrogen) atoms. The summed E-state index contributed by atoms with van der Waals surface area (Å²) in [5.74, 6) is 0.831. The van der Waals surface area contributed by atoms with E-state index in [-0.39, 0.29) is 51.6 Å². The molecule has 14 nitrogen and oxygen atoms in total. The number of nitro groups is 1. The predicted molar refractivity (Wildman–Crippen MR) is 263 cm³/mol. The third-order valence-electron chi connectivity index (χ3n) is 11.4. The number of rotatable bonds is 24. The summed E-state index contributed by atoms with van der Waals surface area (Å²) in [5.41, 5.74) is 4.16. The van der Waals surface area contributed by atoms with Crippen molar-refractivity contribution >= 4 is 21.8 Å². The number of sulfonamides is 1. The minimum Gasteiger partial charge on any atom is -0.508 e. The van der Waals surface area contributed by atoms with Crippen molar-refractivity contribution in [3.05, 3.63) is 225 Å². The van der Waals surface area contributed by atoms with Gasteiger partial charge in [0, 0.05) is 19.0 Å². The summed E-state index contributed by atoms with van der Waals surface area (Å²) in [6.45, 7) is 0.0596. The number of phenols is 1. The Hall–Kier alpha value is -7.72. The van der Waals surface area contributed by atoms with Crippen LogP contribution in [0.4, 0.5) is 10.5 Å². The molecule has 362 valence electrons. The predicted octanol–water partition coefficient (Wildman–Crippen LogP) is 10.4. The lowest BCUT2D eigenvalue weighted by Crippen LogP contribution is -2.38. The second-order valence-corrected chi connectivity index (χ2v) is 18.3. The van der Waals surface area contributed by atoms with E-state index in [1.807, 2.05) is 91.0 Å². The maximum Gasteiger partial charge on any atom is 0.424 e. The van der Waals surface area contributed by atoms with Gasteiger partial charge < -0.3 is 34.3 Å². The lowest BCUT2D eigenvalue weighted by atomic mass is 9.95. The molecular weight excluding hydrogens is 913 g/mol. The molecule has 2 atom stereocenters. The van der Waals surface area contributed by atoms with Gasteiger partial charge in [-0.3, -0.25) is 10.1 Å². The largest absolute Gasteiger partial charge is 0.508 e. The Labute approximate surface area is 407 Å². The number of nitrogens with zero attached hydrogens (tertiary/aromatic N) is 2. The number of carbonyl (C=O) groups is 1. The molecule has 7 aromatic carbocycles. The topological polar surface area (TPSA) is 195 Å². The molecule has 0 spiro atoms. The lowest BCUT2D eigenvalue weighted by molar-refractivity contribution is -0.387. The number of benzene rings is 7. The van der Waals surface area contributed by atoms with Gasteiger partial charge in [-0.1, -0.05) is 152 Å². The number of para-hydroxylation sites is 1. The first-order chi connectivity index (χ1) is 34.0. The first-order valence-corrected chi connectivity index (χ1v) is 24.2. The summed E-state index contributed by atoms with van der Waals surface area (Å²) in [6, 6.07) is 50.6. The van der Waals surface area contributed by atoms with E-state index in [4.69, 9.17) is 18.9 Å². The number of hydrogen-bond acceptors (Lipinski definition) is 12. The highest BCUT2D eigenvalue weighted by atomic mass is 32.2. The summed E-state index contributed by atoms with van der Waals surface area (Å²) >= 11 is 0. The third-order valence-corrected chi connectivity index (χ3v) is 13.2. The number of aryl methyl sites for hydroxylation is 1. The zero-order valence-corrected chi connectivity index (χ0v) is 39.1. The summed E-state index contributed by atoms with van der Waals surface area (Å²) in [5, 5.41) is 46.1. The van der Waals surface area contributed by atoms with Crippen LogP contribution in [0.2, 0.25) is 0 Å². The van der Waals surface area contributed by atoms with Crippen LogP contribution in [-0.2, 0) is 54.0 Å². The van der Waals surface area contributed by atoms with E-state index in [0.29, 0.717) is 57.5 Å². The lowest BCUT2D eigenvalue weighted by Gasteiger charge is -2.23. The van der Waals surface area contributed by atoms with E-state index in [9.17, 15) is 38.6 Å². The van der Waals surface area contributed by atoms with Gasteiger partial charge in [-0.15, -0.1) is 0 Å². The highest BCUT2D eigenvalue weighted by molar-refractivity contribution is 7.89. The van der Waals surface area contributed by atoms with Gasteiger partial charge in [0.15, 0.2) is 16.4 Å². The number of nitro benzene ring substituents is 1. The fourth-order valence-electron chi connectivity index (χ4n) is 7.65. The average Bonchev–Trinajstić information content (AvgIpc) is 3.38. The summed E-state index contributed by atoms with van der Waals surface area (Å²) < 4.78 is 52.7. The Kier molecular flexibility index (Phi) is 17.6. The summed E-state index contributed by atoms with van der Waals surface area (Å²) in [7, 11) is -4.69. The van der Waals surface area contributed by atoms with E-state index >= 15 is 0 Å². The van der Waals surface area contributed by atoms with E-state index in [1.165, 1.54) is 18.2 Å². The molecule has 0 aliphatic rings. The Morgan fingerprint density at radius 1 is 0.600 bits per heavy atom. The molecule has 1 amide bonds. The molecule has 0 fully saturated rings. The Bertz CT molecular complexity index is 2840. The number of hydrogen-bond donors (Lipinski definition) is 3. The molecule has 0 bridgehead atoms. The van der Waals surface area contributed by atoms with Crippen LogP contribution in [0.25, 0.3) is 0 Å². The number of aliphatic hydroxyl groups excluding tert-OH is 2. The quantitative estimate of drug-likeness (QED) is 0.0295. The number of phenolic OH excluding ortho intramolecular Hbond substituents is 1. The molecule has 15 heteroatoms. The minimum absolute atomic E-state index is 0.0803. The molecule has 0 heterocycles. The first kappa shape index (κ1) is 50.2. The van der Waals surface area contributed by atoms with Crippen molar-refractivity contribution in [1.29, 1.82) is 0 Å². The van der Waals surface area contributed by atoms with Crippen molar-refractivity contribution in [3.8, 4) is 23.0 Å². The van der Waals surface area contributed by atoms with Gasteiger partial charge in [-0.05, 0) is 82.5 Å². The second kappa shape index (κ2) is 24.5. The molecular formula is C55H54N2O12S. The molecule has 7 aromatic rings. The zero-order chi connectivity index (χ0) is 49.3. The zero-order valence-electron chi connectivity index (χ0n) is 38.3. The van der Waals surface area contributed by atoms with Crippen molar-refractivity contribution in [2.75, 3.05) is 6.54 Å². The van der Waals surface area contributed by atoms with Gasteiger partial charge in [0.1, 0.15) is 38.3 Å². The van der Waals surface area contributed by atoms with E-state index < -0.39 is 43.8 Å². The molecule has 0 aliphatic heterocycles. The number of aromatic hydroxyl groups is 1. The maximum atomic E-state index is 13.8. The van der Waals surface area contributed by atoms with Crippen molar-refractivity contribution in [3.63, 3.8) is 0 Å². The minimum atomic E-state index is -4.69. The van der Waals surface area contributed by atoms with Gasteiger partial charge in [0.2, 0.25) is 5.75 Å². The summed E-state index contributed by atoms with van der Waals surface area (Å²) in [4.78, 5) is 23.7. The molecule has 7 rings (SSSR count). The van der Waals surface area contributed by atoms with Crippen molar-refractivity contribution in [2.45, 2.75) is 75.6 Å². The highest BCUT2D eigenvalue weighted by Gasteiger charge is 2.35. The van der Waals surface area contributed by atoms with Gasteiger partial charge in [-0.2, -0.15) is 0 Å². The molecule has 0 saturated heterocycles. The Morgan fingerprint density at radius 2 is 1.10 bits per heavy atom. The van der Waals surface area contributed by atoms with Gasteiger partial charge >= 0.3 is 6.09 Å². The van der Waals surface area contributed by atoms with Crippen LogP contribution in [0, 0.1) is 10.1 Å². The highest BCUT2D eigenvalue weighted by Crippen LogP contribution is 2.43. The van der Waals surface area contributed by atoms with Crippen molar-refractivity contribution in [2.24, 2.45) is 0 Å². The van der Waals surface area contributed by atoms with Gasteiger partial charge in [-0.25, -0.2) is 17.5 Å². The number of amides is 1. The van der Waals surface area contributed by atoms with Gasteiger partial charge in [0.25, 0.3) is 15.7 Å². The molecule has 3 N–H and O–H groups in total. The second-order valence-electron chi connectivity index (χ2n) is 16.5. The Morgan fingerprint density at radius 3 is 1.64 bits per heavy atom.